The Hall–Kier alpha value is -2.34. The zero-order valence-electron chi connectivity index (χ0n) is 16.2. The number of hydrogen-bond donors (Lipinski definition) is 1. The van der Waals surface area contributed by atoms with Crippen LogP contribution in [0.3, 0.4) is 0 Å². The Morgan fingerprint density at radius 1 is 1.17 bits per heavy atom. The number of hydroxylamine groups is 2. The van der Waals surface area contributed by atoms with E-state index >= 15 is 0 Å². The van der Waals surface area contributed by atoms with E-state index < -0.39 is 16.1 Å². The lowest BCUT2D eigenvalue weighted by molar-refractivity contribution is -0.158. The Morgan fingerprint density at radius 2 is 1.87 bits per heavy atom. The average Bonchev–Trinajstić information content (AvgIpc) is 2.77. The largest absolute Gasteiger partial charge is 0.354 e. The smallest absolute Gasteiger partial charge is 0.233 e. The lowest BCUT2D eigenvalue weighted by atomic mass is 10.2. The van der Waals surface area contributed by atoms with E-state index in [9.17, 15) is 18.4 Å². The maximum absolute atomic E-state index is 12.9. The minimum absolute atomic E-state index is 0.215. The summed E-state index contributed by atoms with van der Waals surface area (Å²) >= 11 is 5.86. The van der Waals surface area contributed by atoms with E-state index in [0.29, 0.717) is 35.4 Å². The molecular formula is C18H23ClN6O4S. The van der Waals surface area contributed by atoms with Crippen molar-refractivity contribution in [1.29, 1.82) is 0 Å². The number of carbonyl (C=O) groups is 1. The summed E-state index contributed by atoms with van der Waals surface area (Å²) in [4.78, 5) is 25.5. The highest BCUT2D eigenvalue weighted by Crippen LogP contribution is 2.19. The Bertz CT molecular complexity index is 923. The first-order valence-corrected chi connectivity index (χ1v) is 11.4. The molecule has 3 heterocycles. The molecule has 0 unspecified atom stereocenters. The van der Waals surface area contributed by atoms with Crippen LogP contribution in [0.15, 0.2) is 36.8 Å². The highest BCUT2D eigenvalue weighted by molar-refractivity contribution is 7.89. The molecule has 0 radical (unpaired) electrons. The van der Waals surface area contributed by atoms with Gasteiger partial charge in [0.1, 0.15) is 11.6 Å². The molecule has 0 aromatic carbocycles. The van der Waals surface area contributed by atoms with E-state index in [1.807, 2.05) is 4.90 Å². The van der Waals surface area contributed by atoms with E-state index in [1.165, 1.54) is 4.31 Å². The van der Waals surface area contributed by atoms with Crippen LogP contribution in [0.1, 0.15) is 12.2 Å². The SMILES string of the molecule is O=CN(O)[C@@H](CCc1ncccn1)CS(=O)(=O)N1CCN(c2ccc(Cl)cn2)CC1. The number of sulfonamides is 1. The molecule has 1 N–H and O–H groups in total. The molecule has 10 nitrogen and oxygen atoms in total. The van der Waals surface area contributed by atoms with Gasteiger partial charge in [0.25, 0.3) is 0 Å². The van der Waals surface area contributed by atoms with Crippen LogP contribution in [-0.4, -0.2) is 82.3 Å². The highest BCUT2D eigenvalue weighted by Gasteiger charge is 2.31. The number of anilines is 1. The summed E-state index contributed by atoms with van der Waals surface area (Å²) in [7, 11) is -3.69. The number of nitrogens with zero attached hydrogens (tertiary/aromatic N) is 6. The molecule has 1 aliphatic rings. The summed E-state index contributed by atoms with van der Waals surface area (Å²) < 4.78 is 27.2. The molecule has 12 heteroatoms. The molecule has 1 aliphatic heterocycles. The van der Waals surface area contributed by atoms with Crippen LogP contribution in [0, 0.1) is 0 Å². The Balaban J connectivity index is 1.60. The number of amides is 1. The fourth-order valence-electron chi connectivity index (χ4n) is 3.23. The first kappa shape index (κ1) is 22.3. The van der Waals surface area contributed by atoms with Crippen molar-refractivity contribution in [1.82, 2.24) is 24.3 Å². The number of halogens is 1. The molecule has 1 fully saturated rings. The standard InChI is InChI=1S/C18H23ClN6O4S/c19-15-2-5-18(22-12-15)23-8-10-24(11-9-23)30(28,29)13-16(25(27)14-26)3-4-17-20-6-1-7-21-17/h1-2,5-7,12,14,16,27H,3-4,8-11,13H2/t16-/m0/s1. The molecule has 0 bridgehead atoms. The van der Waals surface area contributed by atoms with Gasteiger partial charge in [0.05, 0.1) is 16.8 Å². The van der Waals surface area contributed by atoms with Crippen molar-refractivity contribution >= 4 is 33.9 Å². The summed E-state index contributed by atoms with van der Waals surface area (Å²) in [5, 5.41) is 10.8. The number of hydrogen-bond acceptors (Lipinski definition) is 8. The average molecular weight is 455 g/mol. The van der Waals surface area contributed by atoms with Gasteiger partial charge in [0.15, 0.2) is 0 Å². The molecule has 0 aliphatic carbocycles. The van der Waals surface area contributed by atoms with Crippen LogP contribution in [0.4, 0.5) is 5.82 Å². The van der Waals surface area contributed by atoms with Crippen LogP contribution in [0.2, 0.25) is 5.02 Å². The zero-order valence-corrected chi connectivity index (χ0v) is 17.8. The second-order valence-corrected chi connectivity index (χ2v) is 9.29. The van der Waals surface area contributed by atoms with Gasteiger partial charge >= 0.3 is 0 Å². The molecule has 30 heavy (non-hydrogen) atoms. The molecule has 2 aromatic heterocycles. The minimum Gasteiger partial charge on any atom is -0.354 e. The zero-order chi connectivity index (χ0) is 21.6. The van der Waals surface area contributed by atoms with Crippen molar-refractivity contribution in [3.05, 3.63) is 47.6 Å². The molecular weight excluding hydrogens is 432 g/mol. The van der Waals surface area contributed by atoms with Crippen LogP contribution in [0.25, 0.3) is 0 Å². The number of piperazine rings is 1. The van der Waals surface area contributed by atoms with E-state index in [2.05, 4.69) is 15.0 Å². The summed E-state index contributed by atoms with van der Waals surface area (Å²) in [6, 6.07) is 4.31. The van der Waals surface area contributed by atoms with Gasteiger partial charge in [-0.2, -0.15) is 4.31 Å². The van der Waals surface area contributed by atoms with Gasteiger partial charge in [-0.1, -0.05) is 11.6 Å². The lowest BCUT2D eigenvalue weighted by Crippen LogP contribution is -2.51. The number of aryl methyl sites for hydroxylation is 1. The van der Waals surface area contributed by atoms with Gasteiger partial charge in [-0.15, -0.1) is 0 Å². The molecule has 3 rings (SSSR count). The molecule has 1 amide bonds. The summed E-state index contributed by atoms with van der Waals surface area (Å²) in [6.45, 7) is 1.53. The first-order chi connectivity index (χ1) is 14.4. The van der Waals surface area contributed by atoms with Crippen molar-refractivity contribution < 1.29 is 18.4 Å². The number of pyridine rings is 1. The predicted octanol–water partition coefficient (Wildman–Crippen LogP) is 0.826. The quantitative estimate of drug-likeness (QED) is 0.336. The Kier molecular flexibility index (Phi) is 7.53. The van der Waals surface area contributed by atoms with E-state index in [4.69, 9.17) is 11.6 Å². The van der Waals surface area contributed by atoms with E-state index in [1.54, 1.807) is 36.8 Å². The topological polar surface area (TPSA) is 120 Å². The van der Waals surface area contributed by atoms with Crippen molar-refractivity contribution in [2.45, 2.75) is 18.9 Å². The van der Waals surface area contributed by atoms with Gasteiger partial charge in [-0.25, -0.2) is 28.4 Å². The van der Waals surface area contributed by atoms with E-state index in [-0.39, 0.29) is 31.7 Å². The summed E-state index contributed by atoms with van der Waals surface area (Å²) in [6.07, 6.45) is 5.49. The Labute approximate surface area is 180 Å². The first-order valence-electron chi connectivity index (χ1n) is 9.42. The third kappa shape index (κ3) is 5.85. The molecule has 2 aromatic rings. The fourth-order valence-corrected chi connectivity index (χ4v) is 5.08. The third-order valence-electron chi connectivity index (χ3n) is 4.87. The van der Waals surface area contributed by atoms with Crippen LogP contribution in [0.5, 0.6) is 0 Å². The van der Waals surface area contributed by atoms with Gasteiger partial charge in [0.2, 0.25) is 16.4 Å². The van der Waals surface area contributed by atoms with Crippen molar-refractivity contribution in [2.24, 2.45) is 0 Å². The van der Waals surface area contributed by atoms with Crippen molar-refractivity contribution in [3.8, 4) is 0 Å². The molecule has 0 saturated carbocycles. The number of carbonyl (C=O) groups excluding carboxylic acids is 1. The molecule has 1 atom stereocenters. The fraction of sp³-hybridized carbons (Fsp3) is 0.444. The lowest BCUT2D eigenvalue weighted by Gasteiger charge is -2.35. The molecule has 1 saturated heterocycles. The normalized spacial score (nSPS) is 16.3. The monoisotopic (exact) mass is 454 g/mol. The number of rotatable bonds is 9. The number of aromatic nitrogens is 3. The van der Waals surface area contributed by atoms with Crippen molar-refractivity contribution in [2.75, 3.05) is 36.8 Å². The molecule has 0 spiro atoms. The van der Waals surface area contributed by atoms with Gasteiger partial charge in [-0.3, -0.25) is 10.0 Å². The van der Waals surface area contributed by atoms with Gasteiger partial charge in [-0.05, 0) is 24.6 Å². The maximum Gasteiger partial charge on any atom is 0.233 e. The van der Waals surface area contributed by atoms with Crippen LogP contribution >= 0.6 is 11.6 Å². The second-order valence-electron chi connectivity index (χ2n) is 6.84. The third-order valence-corrected chi connectivity index (χ3v) is 7.05. The van der Waals surface area contributed by atoms with E-state index in [0.717, 1.165) is 5.82 Å². The maximum atomic E-state index is 12.9. The highest BCUT2D eigenvalue weighted by atomic mass is 35.5. The van der Waals surface area contributed by atoms with Gasteiger partial charge in [0, 0.05) is 51.2 Å². The summed E-state index contributed by atoms with van der Waals surface area (Å²) in [5.74, 6) is 0.872. The Morgan fingerprint density at radius 3 is 2.47 bits per heavy atom. The minimum atomic E-state index is -3.69. The second kappa shape index (κ2) is 10.1. The molecule has 162 valence electrons. The van der Waals surface area contributed by atoms with Crippen LogP contribution in [-0.2, 0) is 21.2 Å². The van der Waals surface area contributed by atoms with Crippen LogP contribution < -0.4 is 4.90 Å². The van der Waals surface area contributed by atoms with Crippen molar-refractivity contribution in [3.63, 3.8) is 0 Å². The van der Waals surface area contributed by atoms with Gasteiger partial charge < -0.3 is 4.90 Å². The summed E-state index contributed by atoms with van der Waals surface area (Å²) in [5.41, 5.74) is 0. The predicted molar refractivity (Wildman–Crippen MR) is 111 cm³/mol.